The van der Waals surface area contributed by atoms with Gasteiger partial charge in [0, 0.05) is 17.5 Å². The van der Waals surface area contributed by atoms with Gasteiger partial charge in [-0.05, 0) is 6.07 Å². The van der Waals surface area contributed by atoms with E-state index in [-0.39, 0.29) is 24.2 Å². The molecule has 1 N–H and O–H groups in total. The Morgan fingerprint density at radius 3 is 2.78 bits per heavy atom. The van der Waals surface area contributed by atoms with Crippen molar-refractivity contribution in [3.63, 3.8) is 0 Å². The molecular weight excluding hydrogens is 302 g/mol. The van der Waals surface area contributed by atoms with E-state index in [4.69, 9.17) is 9.47 Å². The van der Waals surface area contributed by atoms with Crippen LogP contribution in [0.2, 0.25) is 0 Å². The van der Waals surface area contributed by atoms with Crippen LogP contribution in [0.3, 0.4) is 0 Å². The van der Waals surface area contributed by atoms with Crippen molar-refractivity contribution in [2.24, 2.45) is 4.99 Å². The molecule has 8 heteroatoms. The van der Waals surface area contributed by atoms with Crippen molar-refractivity contribution in [1.29, 1.82) is 0 Å². The minimum Gasteiger partial charge on any atom is -0.494 e. The zero-order valence-corrected chi connectivity index (χ0v) is 12.3. The van der Waals surface area contributed by atoms with E-state index in [2.05, 4.69) is 4.99 Å². The standard InChI is InChI=1S/C15H15N3O5/c19-15-14(12-8-22-4-3-16-12)11-5-9(18(20)21)1-2-13(11)17(15)10-6-23-7-10/h1-2,5,10,19H,3-4,6-8H2. The topological polar surface area (TPSA) is 99.1 Å². The second-order valence-electron chi connectivity index (χ2n) is 5.60. The van der Waals surface area contributed by atoms with Crippen LogP contribution in [-0.2, 0) is 9.47 Å². The number of benzene rings is 1. The largest absolute Gasteiger partial charge is 0.494 e. The molecule has 1 aromatic carbocycles. The van der Waals surface area contributed by atoms with E-state index in [0.717, 1.165) is 5.52 Å². The SMILES string of the molecule is O=[N+]([O-])c1ccc2c(c1)c(C1=NCCOC1)c(O)n2C1COC1. The van der Waals surface area contributed by atoms with Crippen molar-refractivity contribution in [3.05, 3.63) is 33.9 Å². The number of hydrogen-bond acceptors (Lipinski definition) is 6. The fourth-order valence-electron chi connectivity index (χ4n) is 3.04. The number of nitro benzene ring substituents is 1. The molecule has 0 unspecified atom stereocenters. The normalized spacial score (nSPS) is 18.7. The predicted octanol–water partition coefficient (Wildman–Crippen LogP) is 1.65. The monoisotopic (exact) mass is 317 g/mol. The first kappa shape index (κ1) is 14.2. The average Bonchev–Trinajstić information content (AvgIpc) is 2.79. The number of rotatable bonds is 3. The van der Waals surface area contributed by atoms with Gasteiger partial charge in [0.25, 0.3) is 5.69 Å². The van der Waals surface area contributed by atoms with Crippen molar-refractivity contribution in [2.75, 3.05) is 33.0 Å². The van der Waals surface area contributed by atoms with Gasteiger partial charge >= 0.3 is 0 Å². The van der Waals surface area contributed by atoms with Crippen LogP contribution >= 0.6 is 0 Å². The highest BCUT2D eigenvalue weighted by molar-refractivity contribution is 6.14. The fraction of sp³-hybridized carbons (Fsp3) is 0.400. The molecule has 0 spiro atoms. The minimum absolute atomic E-state index is 0.0157. The average molecular weight is 317 g/mol. The summed E-state index contributed by atoms with van der Waals surface area (Å²) in [7, 11) is 0. The molecule has 23 heavy (non-hydrogen) atoms. The third-order valence-electron chi connectivity index (χ3n) is 4.22. The van der Waals surface area contributed by atoms with Crippen molar-refractivity contribution in [2.45, 2.75) is 6.04 Å². The van der Waals surface area contributed by atoms with E-state index in [1.54, 1.807) is 10.6 Å². The van der Waals surface area contributed by atoms with Crippen LogP contribution in [0.4, 0.5) is 5.69 Å². The van der Waals surface area contributed by atoms with E-state index in [1.807, 2.05) is 0 Å². The van der Waals surface area contributed by atoms with Gasteiger partial charge in [0.2, 0.25) is 5.88 Å². The van der Waals surface area contributed by atoms with E-state index >= 15 is 0 Å². The lowest BCUT2D eigenvalue weighted by molar-refractivity contribution is -0.384. The van der Waals surface area contributed by atoms with Crippen molar-refractivity contribution in [1.82, 2.24) is 4.57 Å². The van der Waals surface area contributed by atoms with Crippen LogP contribution in [0, 0.1) is 10.1 Å². The number of aliphatic imine (C=N–C) groups is 1. The number of non-ortho nitro benzene ring substituents is 1. The second-order valence-corrected chi connectivity index (χ2v) is 5.60. The van der Waals surface area contributed by atoms with Crippen LogP contribution in [0.25, 0.3) is 10.9 Å². The molecule has 120 valence electrons. The zero-order chi connectivity index (χ0) is 16.0. The van der Waals surface area contributed by atoms with Crippen LogP contribution in [0.15, 0.2) is 23.2 Å². The quantitative estimate of drug-likeness (QED) is 0.685. The van der Waals surface area contributed by atoms with Crippen LogP contribution < -0.4 is 0 Å². The third kappa shape index (κ3) is 2.18. The molecule has 0 amide bonds. The molecule has 0 radical (unpaired) electrons. The highest BCUT2D eigenvalue weighted by Gasteiger charge is 2.30. The summed E-state index contributed by atoms with van der Waals surface area (Å²) in [6.07, 6.45) is 0. The van der Waals surface area contributed by atoms with Gasteiger partial charge in [0.1, 0.15) is 0 Å². The molecule has 0 bridgehead atoms. The Hall–Kier alpha value is -2.45. The Bertz CT molecular complexity index is 822. The summed E-state index contributed by atoms with van der Waals surface area (Å²) in [5, 5.41) is 22.4. The summed E-state index contributed by atoms with van der Waals surface area (Å²) in [5.74, 6) is 0.0676. The number of fused-ring (bicyclic) bond motifs is 1. The van der Waals surface area contributed by atoms with Crippen molar-refractivity contribution >= 4 is 22.3 Å². The van der Waals surface area contributed by atoms with Crippen molar-refractivity contribution < 1.29 is 19.5 Å². The van der Waals surface area contributed by atoms with E-state index in [0.29, 0.717) is 43.0 Å². The molecule has 2 aliphatic rings. The minimum atomic E-state index is -0.441. The molecule has 0 atom stereocenters. The fourth-order valence-corrected chi connectivity index (χ4v) is 3.04. The molecule has 1 aromatic heterocycles. The number of aromatic hydroxyl groups is 1. The van der Waals surface area contributed by atoms with Gasteiger partial charge in [-0.3, -0.25) is 15.1 Å². The van der Waals surface area contributed by atoms with Crippen molar-refractivity contribution in [3.8, 4) is 5.88 Å². The predicted molar refractivity (Wildman–Crippen MR) is 82.3 cm³/mol. The number of nitrogens with zero attached hydrogens (tertiary/aromatic N) is 3. The smallest absolute Gasteiger partial charge is 0.270 e. The first-order valence-corrected chi connectivity index (χ1v) is 7.37. The Morgan fingerprint density at radius 1 is 1.35 bits per heavy atom. The van der Waals surface area contributed by atoms with Gasteiger partial charge in [-0.2, -0.15) is 0 Å². The lowest BCUT2D eigenvalue weighted by Crippen LogP contribution is -2.30. The Balaban J connectivity index is 1.97. The zero-order valence-electron chi connectivity index (χ0n) is 12.3. The van der Waals surface area contributed by atoms with Crippen LogP contribution in [0.1, 0.15) is 11.6 Å². The lowest BCUT2D eigenvalue weighted by atomic mass is 10.1. The third-order valence-corrected chi connectivity index (χ3v) is 4.22. The van der Waals surface area contributed by atoms with Crippen LogP contribution in [0.5, 0.6) is 5.88 Å². The van der Waals surface area contributed by atoms with Gasteiger partial charge in [-0.25, -0.2) is 0 Å². The van der Waals surface area contributed by atoms with E-state index in [1.165, 1.54) is 12.1 Å². The highest BCUT2D eigenvalue weighted by atomic mass is 16.6. The number of aromatic nitrogens is 1. The molecular formula is C15H15N3O5. The molecule has 3 heterocycles. The number of ether oxygens (including phenoxy) is 2. The highest BCUT2D eigenvalue weighted by Crippen LogP contribution is 2.38. The second kappa shape index (κ2) is 5.32. The Labute approximate surface area is 131 Å². The van der Waals surface area contributed by atoms with Gasteiger partial charge in [0.05, 0.1) is 60.7 Å². The maximum Gasteiger partial charge on any atom is 0.270 e. The Kier molecular flexibility index (Phi) is 3.28. The van der Waals surface area contributed by atoms with Crippen LogP contribution in [-0.4, -0.2) is 53.3 Å². The van der Waals surface area contributed by atoms with Gasteiger partial charge < -0.3 is 19.1 Å². The summed E-state index contributed by atoms with van der Waals surface area (Å²) < 4.78 is 12.4. The summed E-state index contributed by atoms with van der Waals surface area (Å²) in [6, 6.07) is 4.62. The Morgan fingerprint density at radius 2 is 2.17 bits per heavy atom. The summed E-state index contributed by atoms with van der Waals surface area (Å²) in [6.45, 7) is 2.37. The molecule has 0 aliphatic carbocycles. The molecule has 2 aliphatic heterocycles. The maximum atomic E-state index is 11.1. The van der Waals surface area contributed by atoms with E-state index < -0.39 is 4.92 Å². The van der Waals surface area contributed by atoms with Gasteiger partial charge in [-0.15, -0.1) is 0 Å². The summed E-state index contributed by atoms with van der Waals surface area (Å²) >= 11 is 0. The molecule has 0 saturated carbocycles. The molecule has 1 fully saturated rings. The van der Waals surface area contributed by atoms with E-state index in [9.17, 15) is 15.2 Å². The molecule has 8 nitrogen and oxygen atoms in total. The molecule has 1 saturated heterocycles. The van der Waals surface area contributed by atoms with Gasteiger partial charge in [0.15, 0.2) is 0 Å². The first-order valence-electron chi connectivity index (χ1n) is 7.37. The number of nitro groups is 1. The number of hydrogen-bond donors (Lipinski definition) is 1. The molecule has 4 rings (SSSR count). The summed E-state index contributed by atoms with van der Waals surface area (Å²) in [5.41, 5.74) is 1.87. The lowest BCUT2D eigenvalue weighted by Gasteiger charge is -2.28. The van der Waals surface area contributed by atoms with Gasteiger partial charge in [-0.1, -0.05) is 0 Å². The summed E-state index contributed by atoms with van der Waals surface area (Å²) in [4.78, 5) is 15.1. The first-order chi connectivity index (χ1) is 11.2. The molecule has 2 aromatic rings. The maximum absolute atomic E-state index is 11.1.